The fourth-order valence-electron chi connectivity index (χ4n) is 3.86. The van der Waals surface area contributed by atoms with Crippen molar-refractivity contribution in [3.05, 3.63) is 29.8 Å². The zero-order valence-corrected chi connectivity index (χ0v) is 17.0. The standard InChI is InChI=1S/C19H30N4O3S/c1-21(2)27(25,26)23-13-5-8-17(15-23)19(24)20-11-6-12-22-14-10-16-7-3-4-9-18(16)22/h3-4,7,9,17H,5-6,8,10-15H2,1-2H3,(H,20,24)/t17-/m1/s1. The zero-order chi connectivity index (χ0) is 19.4. The van der Waals surface area contributed by atoms with Crippen LogP contribution in [0.2, 0.25) is 0 Å². The summed E-state index contributed by atoms with van der Waals surface area (Å²) >= 11 is 0. The van der Waals surface area contributed by atoms with Crippen molar-refractivity contribution in [1.29, 1.82) is 0 Å². The molecule has 1 saturated heterocycles. The molecule has 0 aromatic heterocycles. The molecule has 1 aromatic rings. The molecule has 27 heavy (non-hydrogen) atoms. The van der Waals surface area contributed by atoms with Crippen molar-refractivity contribution < 1.29 is 13.2 Å². The topological polar surface area (TPSA) is 73.0 Å². The maximum absolute atomic E-state index is 12.5. The smallest absolute Gasteiger partial charge is 0.281 e. The normalized spacial score (nSPS) is 20.7. The Labute approximate surface area is 162 Å². The Morgan fingerprint density at radius 3 is 2.81 bits per heavy atom. The first-order valence-corrected chi connectivity index (χ1v) is 11.1. The van der Waals surface area contributed by atoms with Crippen molar-refractivity contribution in [2.24, 2.45) is 5.92 Å². The molecule has 2 aliphatic rings. The molecule has 0 aliphatic carbocycles. The van der Waals surface area contributed by atoms with Gasteiger partial charge in [-0.3, -0.25) is 4.79 Å². The van der Waals surface area contributed by atoms with Crippen LogP contribution in [0.4, 0.5) is 5.69 Å². The average molecular weight is 395 g/mol. The van der Waals surface area contributed by atoms with Gasteiger partial charge >= 0.3 is 0 Å². The summed E-state index contributed by atoms with van der Waals surface area (Å²) in [6.07, 6.45) is 3.42. The second-order valence-corrected chi connectivity index (χ2v) is 9.64. The number of nitrogens with zero attached hydrogens (tertiary/aromatic N) is 3. The lowest BCUT2D eigenvalue weighted by molar-refractivity contribution is -0.126. The molecule has 1 amide bonds. The number of hydrogen-bond donors (Lipinski definition) is 1. The number of anilines is 1. The number of rotatable bonds is 7. The van der Waals surface area contributed by atoms with Gasteiger partial charge < -0.3 is 10.2 Å². The molecule has 150 valence electrons. The molecule has 1 aromatic carbocycles. The van der Waals surface area contributed by atoms with E-state index in [-0.39, 0.29) is 18.4 Å². The van der Waals surface area contributed by atoms with E-state index in [0.29, 0.717) is 13.1 Å². The number of amides is 1. The van der Waals surface area contributed by atoms with Crippen LogP contribution in [0.1, 0.15) is 24.8 Å². The van der Waals surface area contributed by atoms with Crippen LogP contribution >= 0.6 is 0 Å². The third kappa shape index (κ3) is 4.62. The van der Waals surface area contributed by atoms with Crippen molar-refractivity contribution in [2.75, 3.05) is 51.7 Å². The number of nitrogens with one attached hydrogen (secondary N) is 1. The van der Waals surface area contributed by atoms with E-state index in [9.17, 15) is 13.2 Å². The first-order chi connectivity index (χ1) is 12.9. The van der Waals surface area contributed by atoms with Gasteiger partial charge in [0, 0.05) is 52.5 Å². The second kappa shape index (κ2) is 8.58. The van der Waals surface area contributed by atoms with Crippen LogP contribution in [0.3, 0.4) is 0 Å². The average Bonchev–Trinajstić information content (AvgIpc) is 3.08. The molecule has 1 N–H and O–H groups in total. The van der Waals surface area contributed by atoms with Crippen LogP contribution in [0, 0.1) is 5.92 Å². The lowest BCUT2D eigenvalue weighted by Crippen LogP contribution is -2.49. The monoisotopic (exact) mass is 394 g/mol. The predicted molar refractivity (Wildman–Crippen MR) is 107 cm³/mol. The van der Waals surface area contributed by atoms with E-state index in [1.807, 2.05) is 0 Å². The molecular formula is C19H30N4O3S. The molecule has 0 spiro atoms. The van der Waals surface area contributed by atoms with Gasteiger partial charge in [0.05, 0.1) is 5.92 Å². The van der Waals surface area contributed by atoms with Crippen LogP contribution in [0.25, 0.3) is 0 Å². The number of carbonyl (C=O) groups excluding carboxylic acids is 1. The molecule has 7 nitrogen and oxygen atoms in total. The van der Waals surface area contributed by atoms with E-state index < -0.39 is 10.2 Å². The van der Waals surface area contributed by atoms with Crippen molar-refractivity contribution in [3.63, 3.8) is 0 Å². The van der Waals surface area contributed by atoms with Gasteiger partial charge in [0.1, 0.15) is 0 Å². The van der Waals surface area contributed by atoms with Crippen molar-refractivity contribution in [1.82, 2.24) is 13.9 Å². The SMILES string of the molecule is CN(C)S(=O)(=O)N1CCC[C@@H](C(=O)NCCCN2CCc3ccccc32)C1. The fourth-order valence-corrected chi connectivity index (χ4v) is 5.05. The zero-order valence-electron chi connectivity index (χ0n) is 16.2. The minimum Gasteiger partial charge on any atom is -0.371 e. The summed E-state index contributed by atoms with van der Waals surface area (Å²) in [5.41, 5.74) is 2.70. The third-order valence-electron chi connectivity index (χ3n) is 5.43. The van der Waals surface area contributed by atoms with Crippen LogP contribution in [-0.2, 0) is 21.4 Å². The Morgan fingerprint density at radius 1 is 1.26 bits per heavy atom. The summed E-state index contributed by atoms with van der Waals surface area (Å²) in [4.78, 5) is 14.8. The first kappa shape index (κ1) is 20.1. The summed E-state index contributed by atoms with van der Waals surface area (Å²) in [5.74, 6) is -0.295. The molecule has 2 heterocycles. The van der Waals surface area contributed by atoms with Crippen molar-refractivity contribution in [2.45, 2.75) is 25.7 Å². The summed E-state index contributed by atoms with van der Waals surface area (Å²) in [5, 5.41) is 3.00. The maximum atomic E-state index is 12.5. The number of benzene rings is 1. The summed E-state index contributed by atoms with van der Waals surface area (Å²) in [7, 11) is -0.404. The Morgan fingerprint density at radius 2 is 2.04 bits per heavy atom. The van der Waals surface area contributed by atoms with Crippen LogP contribution in [0.5, 0.6) is 0 Å². The predicted octanol–water partition coefficient (Wildman–Crippen LogP) is 1.07. The van der Waals surface area contributed by atoms with E-state index in [1.165, 1.54) is 34.0 Å². The van der Waals surface area contributed by atoms with Gasteiger partial charge in [-0.2, -0.15) is 17.0 Å². The van der Waals surface area contributed by atoms with E-state index >= 15 is 0 Å². The van der Waals surface area contributed by atoms with Crippen LogP contribution in [-0.4, -0.2) is 69.8 Å². The molecule has 1 fully saturated rings. The van der Waals surface area contributed by atoms with Crippen molar-refractivity contribution >= 4 is 21.8 Å². The van der Waals surface area contributed by atoms with Crippen LogP contribution < -0.4 is 10.2 Å². The highest BCUT2D eigenvalue weighted by molar-refractivity contribution is 7.86. The molecule has 8 heteroatoms. The minimum atomic E-state index is -3.45. The van der Waals surface area contributed by atoms with E-state index in [1.54, 1.807) is 0 Å². The van der Waals surface area contributed by atoms with Gasteiger partial charge in [0.2, 0.25) is 5.91 Å². The lowest BCUT2D eigenvalue weighted by atomic mass is 9.99. The van der Waals surface area contributed by atoms with Crippen LogP contribution in [0.15, 0.2) is 24.3 Å². The highest BCUT2D eigenvalue weighted by atomic mass is 32.2. The molecule has 0 unspecified atom stereocenters. The number of para-hydroxylation sites is 1. The quantitative estimate of drug-likeness (QED) is 0.703. The van der Waals surface area contributed by atoms with Gasteiger partial charge in [-0.05, 0) is 37.3 Å². The third-order valence-corrected chi connectivity index (χ3v) is 7.34. The van der Waals surface area contributed by atoms with Gasteiger partial charge in [-0.25, -0.2) is 0 Å². The van der Waals surface area contributed by atoms with Crippen molar-refractivity contribution in [3.8, 4) is 0 Å². The maximum Gasteiger partial charge on any atom is 0.281 e. The summed E-state index contributed by atoms with van der Waals surface area (Å²) in [6.45, 7) is 3.33. The Bertz CT molecular complexity index is 766. The molecular weight excluding hydrogens is 364 g/mol. The molecule has 0 saturated carbocycles. The summed E-state index contributed by atoms with van der Waals surface area (Å²) in [6, 6.07) is 8.47. The number of piperidine rings is 1. The van der Waals surface area contributed by atoms with E-state index in [2.05, 4.69) is 34.5 Å². The van der Waals surface area contributed by atoms with Gasteiger partial charge in [0.15, 0.2) is 0 Å². The molecule has 1 atom stereocenters. The van der Waals surface area contributed by atoms with E-state index in [4.69, 9.17) is 0 Å². The number of fused-ring (bicyclic) bond motifs is 1. The summed E-state index contributed by atoms with van der Waals surface area (Å²) < 4.78 is 27.2. The highest BCUT2D eigenvalue weighted by Gasteiger charge is 2.33. The lowest BCUT2D eigenvalue weighted by Gasteiger charge is -2.32. The van der Waals surface area contributed by atoms with Gasteiger partial charge in [0.25, 0.3) is 10.2 Å². The molecule has 0 radical (unpaired) electrons. The van der Waals surface area contributed by atoms with Gasteiger partial charge in [-0.15, -0.1) is 0 Å². The molecule has 2 aliphatic heterocycles. The highest BCUT2D eigenvalue weighted by Crippen LogP contribution is 2.27. The number of hydrogen-bond acceptors (Lipinski definition) is 4. The van der Waals surface area contributed by atoms with E-state index in [0.717, 1.165) is 38.8 Å². The first-order valence-electron chi connectivity index (χ1n) is 9.68. The largest absolute Gasteiger partial charge is 0.371 e. The molecule has 0 bridgehead atoms. The van der Waals surface area contributed by atoms with Gasteiger partial charge in [-0.1, -0.05) is 18.2 Å². The minimum absolute atomic E-state index is 0.0320. The number of carbonyl (C=O) groups is 1. The second-order valence-electron chi connectivity index (χ2n) is 7.50. The fraction of sp³-hybridized carbons (Fsp3) is 0.632. The Balaban J connectivity index is 1.43. The molecule has 3 rings (SSSR count). The Kier molecular flexibility index (Phi) is 6.39. The Hall–Kier alpha value is -1.64.